The monoisotopic (exact) mass is 113 g/mol. The Kier molecular flexibility index (Phi) is 3.43. The first kappa shape index (κ1) is 6.84. The third-order valence-electron chi connectivity index (χ3n) is 0.439. The summed E-state index contributed by atoms with van der Waals surface area (Å²) in [5.41, 5.74) is 1.86. The summed E-state index contributed by atoms with van der Waals surface area (Å²) in [5, 5.41) is 0. The summed E-state index contributed by atoms with van der Waals surface area (Å²) in [4.78, 5) is 13.5. The maximum Gasteiger partial charge on any atom is 0.276 e. The van der Waals surface area contributed by atoms with Crippen LogP contribution in [0.25, 0.3) is 0 Å². The Morgan fingerprint density at radius 2 is 2.50 bits per heavy atom. The van der Waals surface area contributed by atoms with Gasteiger partial charge in [-0.1, -0.05) is 6.58 Å². The van der Waals surface area contributed by atoms with Crippen LogP contribution in [0.4, 0.5) is 0 Å². The zero-order chi connectivity index (χ0) is 6.41. The smallest absolute Gasteiger partial charge is 0.276 e. The lowest BCUT2D eigenvalue weighted by Crippen LogP contribution is -2.30. The average Bonchev–Trinajstić information content (AvgIpc) is 1.83. The largest absolute Gasteiger partial charge is 0.289 e. The Morgan fingerprint density at radius 1 is 1.88 bits per heavy atom. The zero-order valence-electron chi connectivity index (χ0n) is 4.29. The number of hydrogen-bond donors (Lipinski definition) is 2. The second-order valence-electron chi connectivity index (χ2n) is 0.969. The highest BCUT2D eigenvalue weighted by Crippen LogP contribution is 1.61. The van der Waals surface area contributed by atoms with Gasteiger partial charge in [-0.25, -0.2) is 5.84 Å². The van der Waals surface area contributed by atoms with Crippen molar-refractivity contribution in [1.29, 1.82) is 0 Å². The molecule has 0 saturated carbocycles. The molecule has 0 spiro atoms. The second kappa shape index (κ2) is 4.01. The summed E-state index contributed by atoms with van der Waals surface area (Å²) >= 11 is 0. The lowest BCUT2D eigenvalue weighted by molar-refractivity contribution is -0.114. The van der Waals surface area contributed by atoms with Crippen LogP contribution in [-0.2, 0) is 4.79 Å². The van der Waals surface area contributed by atoms with E-state index in [4.69, 9.17) is 0 Å². The minimum atomic E-state index is -0.440. The number of carbonyl (C=O) groups excluding carboxylic acids is 1. The van der Waals surface area contributed by atoms with Gasteiger partial charge in [0, 0.05) is 6.20 Å². The van der Waals surface area contributed by atoms with Gasteiger partial charge in [0.15, 0.2) is 0 Å². The predicted octanol–water partition coefficient (Wildman–Crippen LogP) is -0.809. The molecule has 0 heterocycles. The van der Waals surface area contributed by atoms with Crippen molar-refractivity contribution in [2.75, 3.05) is 0 Å². The SMILES string of the molecule is C=CN=CC(=O)NN. The molecule has 1 amide bonds. The molecule has 0 aliphatic heterocycles. The fraction of sp³-hybridized carbons (Fsp3) is 0. The van der Waals surface area contributed by atoms with E-state index in [1.807, 2.05) is 5.43 Å². The van der Waals surface area contributed by atoms with Crippen LogP contribution in [0, 0.1) is 0 Å². The van der Waals surface area contributed by atoms with Gasteiger partial charge in [0.25, 0.3) is 5.91 Å². The van der Waals surface area contributed by atoms with E-state index in [-0.39, 0.29) is 0 Å². The van der Waals surface area contributed by atoms with Crippen molar-refractivity contribution in [3.63, 3.8) is 0 Å². The topological polar surface area (TPSA) is 67.5 Å². The molecule has 8 heavy (non-hydrogen) atoms. The highest BCUT2D eigenvalue weighted by atomic mass is 16.2. The number of carbonyl (C=O) groups is 1. The molecule has 0 saturated heterocycles. The Hall–Kier alpha value is -1.16. The Balaban J connectivity index is 3.52. The number of hydrazine groups is 1. The summed E-state index contributed by atoms with van der Waals surface area (Å²) in [5.74, 6) is 4.25. The van der Waals surface area contributed by atoms with Gasteiger partial charge in [-0.2, -0.15) is 0 Å². The molecule has 4 nitrogen and oxygen atoms in total. The van der Waals surface area contributed by atoms with Crippen molar-refractivity contribution in [1.82, 2.24) is 5.43 Å². The van der Waals surface area contributed by atoms with Gasteiger partial charge in [0.05, 0.1) is 6.21 Å². The first-order valence-corrected chi connectivity index (χ1v) is 1.96. The quantitative estimate of drug-likeness (QED) is 0.213. The van der Waals surface area contributed by atoms with Crippen LogP contribution in [0.3, 0.4) is 0 Å². The number of rotatable bonds is 2. The molecule has 4 heteroatoms. The average molecular weight is 113 g/mol. The van der Waals surface area contributed by atoms with E-state index in [1.165, 1.54) is 6.20 Å². The molecule has 0 unspecified atom stereocenters. The van der Waals surface area contributed by atoms with Gasteiger partial charge in [0.2, 0.25) is 0 Å². The molecular weight excluding hydrogens is 106 g/mol. The van der Waals surface area contributed by atoms with Gasteiger partial charge in [-0.15, -0.1) is 0 Å². The lowest BCUT2D eigenvalue weighted by atomic mass is 10.7. The molecule has 0 aromatic heterocycles. The third-order valence-corrected chi connectivity index (χ3v) is 0.439. The molecule has 0 aromatic carbocycles. The van der Waals surface area contributed by atoms with Crippen molar-refractivity contribution < 1.29 is 4.79 Å². The van der Waals surface area contributed by atoms with E-state index in [0.29, 0.717) is 0 Å². The van der Waals surface area contributed by atoms with E-state index in [1.54, 1.807) is 0 Å². The lowest BCUT2D eigenvalue weighted by Gasteiger charge is -1.84. The minimum absolute atomic E-state index is 0.440. The summed E-state index contributed by atoms with van der Waals surface area (Å²) in [7, 11) is 0. The van der Waals surface area contributed by atoms with Crippen LogP contribution in [0.15, 0.2) is 17.8 Å². The van der Waals surface area contributed by atoms with Crippen LogP contribution in [0.1, 0.15) is 0 Å². The van der Waals surface area contributed by atoms with Gasteiger partial charge < -0.3 is 0 Å². The molecule has 0 aliphatic carbocycles. The van der Waals surface area contributed by atoms with Gasteiger partial charge in [-0.05, 0) is 0 Å². The molecule has 0 radical (unpaired) electrons. The van der Waals surface area contributed by atoms with Crippen LogP contribution in [-0.4, -0.2) is 12.1 Å². The molecule has 0 atom stereocenters. The first-order chi connectivity index (χ1) is 3.81. The third kappa shape index (κ3) is 3.05. The zero-order valence-corrected chi connectivity index (χ0v) is 4.29. The van der Waals surface area contributed by atoms with Crippen molar-refractivity contribution in [2.45, 2.75) is 0 Å². The molecule has 0 bridgehead atoms. The summed E-state index contributed by atoms with van der Waals surface area (Å²) in [6.07, 6.45) is 2.28. The fourth-order valence-electron chi connectivity index (χ4n) is 0.158. The van der Waals surface area contributed by atoms with Crippen molar-refractivity contribution >= 4 is 12.1 Å². The number of amides is 1. The predicted molar refractivity (Wildman–Crippen MR) is 31.0 cm³/mol. The number of aliphatic imine (C=N–C) groups is 1. The molecule has 3 N–H and O–H groups in total. The van der Waals surface area contributed by atoms with E-state index in [9.17, 15) is 4.79 Å². The molecule has 44 valence electrons. The van der Waals surface area contributed by atoms with E-state index in [0.717, 1.165) is 6.21 Å². The number of hydrogen-bond acceptors (Lipinski definition) is 3. The van der Waals surface area contributed by atoms with Crippen LogP contribution < -0.4 is 11.3 Å². The normalized spacial score (nSPS) is 9.12. The van der Waals surface area contributed by atoms with Gasteiger partial charge >= 0.3 is 0 Å². The highest BCUT2D eigenvalue weighted by molar-refractivity contribution is 6.26. The van der Waals surface area contributed by atoms with Crippen molar-refractivity contribution in [3.8, 4) is 0 Å². The Labute approximate surface area is 47.1 Å². The maximum absolute atomic E-state index is 10.1. The maximum atomic E-state index is 10.1. The van der Waals surface area contributed by atoms with E-state index in [2.05, 4.69) is 17.4 Å². The van der Waals surface area contributed by atoms with Gasteiger partial charge in [0.1, 0.15) is 0 Å². The molecule has 0 fully saturated rings. The van der Waals surface area contributed by atoms with Crippen molar-refractivity contribution in [3.05, 3.63) is 12.8 Å². The van der Waals surface area contributed by atoms with Gasteiger partial charge in [-0.3, -0.25) is 15.2 Å². The van der Waals surface area contributed by atoms with E-state index >= 15 is 0 Å². The molecule has 0 aromatic rings. The first-order valence-electron chi connectivity index (χ1n) is 1.96. The molecule has 0 aliphatic rings. The molecular formula is C4H7N3O. The standard InChI is InChI=1S/C4H7N3O/c1-2-6-3-4(8)7-5/h2-3H,1,5H2,(H,7,8). The Bertz CT molecular complexity index is 118. The highest BCUT2D eigenvalue weighted by Gasteiger charge is 1.84. The summed E-state index contributed by atoms with van der Waals surface area (Å²) in [6, 6.07) is 0. The van der Waals surface area contributed by atoms with Crippen LogP contribution >= 0.6 is 0 Å². The Morgan fingerprint density at radius 3 is 2.88 bits per heavy atom. The summed E-state index contributed by atoms with van der Waals surface area (Å²) < 4.78 is 0. The number of nitrogens with two attached hydrogens (primary N) is 1. The van der Waals surface area contributed by atoms with Crippen LogP contribution in [0.2, 0.25) is 0 Å². The van der Waals surface area contributed by atoms with Crippen LogP contribution in [0.5, 0.6) is 0 Å². The minimum Gasteiger partial charge on any atom is -0.289 e. The summed E-state index contributed by atoms with van der Waals surface area (Å²) in [6.45, 7) is 3.25. The fourth-order valence-corrected chi connectivity index (χ4v) is 0.158. The number of nitrogens with one attached hydrogen (secondary N) is 1. The molecule has 0 rings (SSSR count). The number of nitrogens with zero attached hydrogens (tertiary/aromatic N) is 1. The van der Waals surface area contributed by atoms with Crippen molar-refractivity contribution in [2.24, 2.45) is 10.8 Å². The second-order valence-corrected chi connectivity index (χ2v) is 0.969. The van der Waals surface area contributed by atoms with E-state index < -0.39 is 5.91 Å².